The van der Waals surface area contributed by atoms with Crippen LogP contribution in [0.2, 0.25) is 0 Å². The normalized spacial score (nSPS) is 24.5. The Labute approximate surface area is 177 Å². The van der Waals surface area contributed by atoms with Crippen LogP contribution >= 0.6 is 0 Å². The number of aromatic nitrogens is 2. The number of rotatable bonds is 4. The first-order valence-corrected chi connectivity index (χ1v) is 10.9. The molecule has 8 heteroatoms. The van der Waals surface area contributed by atoms with Crippen molar-refractivity contribution in [1.29, 1.82) is 0 Å². The van der Waals surface area contributed by atoms with Gasteiger partial charge in [0.15, 0.2) is 0 Å². The van der Waals surface area contributed by atoms with Gasteiger partial charge in [-0.1, -0.05) is 0 Å². The van der Waals surface area contributed by atoms with E-state index in [0.717, 1.165) is 62.9 Å². The summed E-state index contributed by atoms with van der Waals surface area (Å²) in [6.45, 7) is 3.53. The van der Waals surface area contributed by atoms with E-state index in [-0.39, 0.29) is 29.8 Å². The number of amides is 2. The SMILES string of the molecule is CN1CCC(NC(=O)[C@@H]2CC[C@H](NC(=O)c3cc4ncccc4[nH]3)CN(C)C2)CC1. The third kappa shape index (κ3) is 4.99. The number of carbonyl (C=O) groups is 2. The fourth-order valence-corrected chi connectivity index (χ4v) is 4.56. The highest BCUT2D eigenvalue weighted by molar-refractivity contribution is 5.97. The summed E-state index contributed by atoms with van der Waals surface area (Å²) in [5.74, 6) is -0.000433. The molecule has 0 bridgehead atoms. The van der Waals surface area contributed by atoms with Crippen molar-refractivity contribution < 1.29 is 9.59 Å². The van der Waals surface area contributed by atoms with Crippen LogP contribution in [0.3, 0.4) is 0 Å². The fraction of sp³-hybridized carbons (Fsp3) is 0.591. The third-order valence-electron chi connectivity index (χ3n) is 6.33. The summed E-state index contributed by atoms with van der Waals surface area (Å²) in [4.78, 5) is 37.4. The van der Waals surface area contributed by atoms with Crippen molar-refractivity contribution in [3.8, 4) is 0 Å². The Bertz CT molecular complexity index is 856. The molecule has 0 aliphatic carbocycles. The quantitative estimate of drug-likeness (QED) is 0.702. The van der Waals surface area contributed by atoms with Crippen molar-refractivity contribution in [2.75, 3.05) is 40.3 Å². The lowest BCUT2D eigenvalue weighted by atomic mass is 9.99. The van der Waals surface area contributed by atoms with Crippen LogP contribution in [0.5, 0.6) is 0 Å². The van der Waals surface area contributed by atoms with Crippen molar-refractivity contribution in [2.45, 2.75) is 37.8 Å². The topological polar surface area (TPSA) is 93.4 Å². The van der Waals surface area contributed by atoms with E-state index in [2.05, 4.69) is 37.4 Å². The molecule has 2 aromatic heterocycles. The number of piperidine rings is 1. The van der Waals surface area contributed by atoms with Gasteiger partial charge in [0.2, 0.25) is 5.91 Å². The Balaban J connectivity index is 1.32. The van der Waals surface area contributed by atoms with Gasteiger partial charge >= 0.3 is 0 Å². The minimum Gasteiger partial charge on any atom is -0.353 e. The molecule has 2 aliphatic heterocycles. The van der Waals surface area contributed by atoms with Gasteiger partial charge in [0.1, 0.15) is 5.69 Å². The fourth-order valence-electron chi connectivity index (χ4n) is 4.56. The summed E-state index contributed by atoms with van der Waals surface area (Å²) in [6.07, 6.45) is 5.32. The van der Waals surface area contributed by atoms with Gasteiger partial charge in [-0.15, -0.1) is 0 Å². The number of likely N-dealkylation sites (N-methyl/N-ethyl adjacent to an activating group) is 1. The van der Waals surface area contributed by atoms with Gasteiger partial charge in [0, 0.05) is 31.4 Å². The molecule has 2 aliphatic rings. The van der Waals surface area contributed by atoms with Crippen LogP contribution in [0.25, 0.3) is 11.0 Å². The molecule has 8 nitrogen and oxygen atoms in total. The third-order valence-corrected chi connectivity index (χ3v) is 6.33. The number of hydrogen-bond donors (Lipinski definition) is 3. The van der Waals surface area contributed by atoms with Gasteiger partial charge in [-0.25, -0.2) is 0 Å². The largest absolute Gasteiger partial charge is 0.353 e. The lowest BCUT2D eigenvalue weighted by molar-refractivity contribution is -0.126. The number of hydrogen-bond acceptors (Lipinski definition) is 5. The molecular weight excluding hydrogens is 380 g/mol. The van der Waals surface area contributed by atoms with Gasteiger partial charge in [0.25, 0.3) is 5.91 Å². The first kappa shape index (κ1) is 20.8. The second-order valence-corrected chi connectivity index (χ2v) is 8.87. The summed E-state index contributed by atoms with van der Waals surface area (Å²) >= 11 is 0. The maximum Gasteiger partial charge on any atom is 0.268 e. The predicted octanol–water partition coefficient (Wildman–Crippen LogP) is 1.21. The molecule has 3 N–H and O–H groups in total. The minimum atomic E-state index is -0.124. The Morgan fingerprint density at radius 1 is 1.03 bits per heavy atom. The zero-order valence-electron chi connectivity index (χ0n) is 17.9. The molecule has 0 spiro atoms. The molecule has 2 atom stereocenters. The molecule has 2 aromatic rings. The van der Waals surface area contributed by atoms with E-state index in [9.17, 15) is 9.59 Å². The maximum absolute atomic E-state index is 12.8. The van der Waals surface area contributed by atoms with E-state index < -0.39 is 0 Å². The second kappa shape index (κ2) is 9.14. The summed E-state index contributed by atoms with van der Waals surface area (Å²) in [5.41, 5.74) is 2.16. The number of nitrogens with zero attached hydrogens (tertiary/aromatic N) is 3. The summed E-state index contributed by atoms with van der Waals surface area (Å²) in [6, 6.07) is 5.84. The average Bonchev–Trinajstić information content (AvgIpc) is 3.08. The molecule has 30 heavy (non-hydrogen) atoms. The van der Waals surface area contributed by atoms with E-state index >= 15 is 0 Å². The van der Waals surface area contributed by atoms with Crippen LogP contribution in [0.1, 0.15) is 36.2 Å². The molecule has 0 radical (unpaired) electrons. The molecule has 2 fully saturated rings. The van der Waals surface area contributed by atoms with E-state index in [4.69, 9.17) is 0 Å². The molecule has 2 amide bonds. The summed E-state index contributed by atoms with van der Waals surface area (Å²) in [7, 11) is 4.15. The molecule has 0 aromatic carbocycles. The minimum absolute atomic E-state index is 0.0167. The Hall–Kier alpha value is -2.45. The zero-order valence-corrected chi connectivity index (χ0v) is 17.9. The van der Waals surface area contributed by atoms with Crippen LogP contribution in [-0.4, -0.2) is 83.9 Å². The highest BCUT2D eigenvalue weighted by Crippen LogP contribution is 2.19. The maximum atomic E-state index is 12.8. The van der Waals surface area contributed by atoms with Crippen LogP contribution < -0.4 is 10.6 Å². The molecule has 4 heterocycles. The molecule has 4 rings (SSSR count). The number of carbonyl (C=O) groups excluding carboxylic acids is 2. The van der Waals surface area contributed by atoms with Gasteiger partial charge in [0.05, 0.1) is 17.0 Å². The predicted molar refractivity (Wildman–Crippen MR) is 116 cm³/mol. The van der Waals surface area contributed by atoms with Crippen molar-refractivity contribution in [1.82, 2.24) is 30.4 Å². The first-order chi connectivity index (χ1) is 14.5. The van der Waals surface area contributed by atoms with Crippen LogP contribution in [0.15, 0.2) is 24.4 Å². The molecule has 2 saturated heterocycles. The molecule has 162 valence electrons. The summed E-state index contributed by atoms with van der Waals surface area (Å²) in [5, 5.41) is 6.40. The number of pyridine rings is 1. The monoisotopic (exact) mass is 412 g/mol. The van der Waals surface area contributed by atoms with Crippen molar-refractivity contribution >= 4 is 22.8 Å². The summed E-state index contributed by atoms with van der Waals surface area (Å²) < 4.78 is 0. The lowest BCUT2D eigenvalue weighted by Crippen LogP contribution is -2.46. The standard InChI is InChI=1S/C22H32N6O2/c1-27-10-7-16(8-11-27)24-21(29)15-5-6-17(14-28(2)13-15)25-22(30)20-12-19-18(26-20)4-3-9-23-19/h3-4,9,12,15-17,26H,5-8,10-11,13-14H2,1-2H3,(H,24,29)(H,25,30)/t15-,17+/m1/s1. The first-order valence-electron chi connectivity index (χ1n) is 10.9. The van der Waals surface area contributed by atoms with Crippen LogP contribution in [0, 0.1) is 5.92 Å². The Morgan fingerprint density at radius 3 is 2.60 bits per heavy atom. The number of aromatic amines is 1. The number of H-pyrrole nitrogens is 1. The van der Waals surface area contributed by atoms with E-state index in [0.29, 0.717) is 5.69 Å². The highest BCUT2D eigenvalue weighted by Gasteiger charge is 2.29. The second-order valence-electron chi connectivity index (χ2n) is 8.87. The van der Waals surface area contributed by atoms with Crippen molar-refractivity contribution in [3.05, 3.63) is 30.1 Å². The van der Waals surface area contributed by atoms with E-state index in [1.54, 1.807) is 12.3 Å². The molecule has 0 saturated carbocycles. The highest BCUT2D eigenvalue weighted by atomic mass is 16.2. The van der Waals surface area contributed by atoms with E-state index in [1.807, 2.05) is 19.2 Å². The van der Waals surface area contributed by atoms with Crippen LogP contribution in [0.4, 0.5) is 0 Å². The number of nitrogens with one attached hydrogen (secondary N) is 3. The molecular formula is C22H32N6O2. The number of fused-ring (bicyclic) bond motifs is 1. The lowest BCUT2D eigenvalue weighted by Gasteiger charge is -2.30. The Kier molecular flexibility index (Phi) is 6.34. The number of likely N-dealkylation sites (tertiary alicyclic amines) is 2. The average molecular weight is 413 g/mol. The Morgan fingerprint density at radius 2 is 1.83 bits per heavy atom. The van der Waals surface area contributed by atoms with E-state index in [1.165, 1.54) is 0 Å². The molecule has 0 unspecified atom stereocenters. The van der Waals surface area contributed by atoms with Crippen molar-refractivity contribution in [2.24, 2.45) is 5.92 Å². The van der Waals surface area contributed by atoms with Gasteiger partial charge in [-0.05, 0) is 71.1 Å². The smallest absolute Gasteiger partial charge is 0.268 e. The van der Waals surface area contributed by atoms with Gasteiger partial charge in [-0.2, -0.15) is 0 Å². The van der Waals surface area contributed by atoms with Gasteiger partial charge in [-0.3, -0.25) is 14.6 Å². The van der Waals surface area contributed by atoms with Gasteiger partial charge < -0.3 is 25.4 Å². The zero-order chi connectivity index (χ0) is 21.1. The van der Waals surface area contributed by atoms with Crippen molar-refractivity contribution in [3.63, 3.8) is 0 Å². The van der Waals surface area contributed by atoms with Crippen LogP contribution in [-0.2, 0) is 4.79 Å².